The molecular weight excluding hydrogens is 282 g/mol. The van der Waals surface area contributed by atoms with Crippen LogP contribution in [0.4, 0.5) is 5.82 Å². The second-order valence-corrected chi connectivity index (χ2v) is 4.66. The van der Waals surface area contributed by atoms with Crippen molar-refractivity contribution in [1.82, 2.24) is 15.2 Å². The summed E-state index contributed by atoms with van der Waals surface area (Å²) in [6.07, 6.45) is 1.42. The molecule has 0 aromatic carbocycles. The van der Waals surface area contributed by atoms with Gasteiger partial charge in [-0.2, -0.15) is 0 Å². The topological polar surface area (TPSA) is 92.5 Å². The van der Waals surface area contributed by atoms with Crippen LogP contribution in [0.2, 0.25) is 5.02 Å². The Bertz CT molecular complexity index is 444. The number of nitrogens with one attached hydrogen (secondary N) is 2. The number of carbonyl (C=O) groups is 1. The SMILES string of the molecule is COCCN(C)CCNC(=O)c1cnc(NN)c(Cl)c1. The van der Waals surface area contributed by atoms with Crippen LogP contribution in [0.5, 0.6) is 0 Å². The molecule has 7 nitrogen and oxygen atoms in total. The van der Waals surface area contributed by atoms with Gasteiger partial charge in [-0.15, -0.1) is 0 Å². The Balaban J connectivity index is 2.41. The highest BCUT2D eigenvalue weighted by Gasteiger charge is 2.09. The first-order valence-electron chi connectivity index (χ1n) is 6.16. The van der Waals surface area contributed by atoms with E-state index in [1.165, 1.54) is 12.3 Å². The van der Waals surface area contributed by atoms with Gasteiger partial charge in [0.25, 0.3) is 5.91 Å². The average molecular weight is 302 g/mol. The minimum Gasteiger partial charge on any atom is -0.383 e. The van der Waals surface area contributed by atoms with Crippen molar-refractivity contribution in [3.63, 3.8) is 0 Å². The van der Waals surface area contributed by atoms with Crippen LogP contribution in [0.15, 0.2) is 12.3 Å². The minimum absolute atomic E-state index is 0.219. The summed E-state index contributed by atoms with van der Waals surface area (Å²) < 4.78 is 4.98. The van der Waals surface area contributed by atoms with E-state index in [2.05, 4.69) is 20.6 Å². The number of rotatable bonds is 8. The molecule has 4 N–H and O–H groups in total. The van der Waals surface area contributed by atoms with E-state index in [1.807, 2.05) is 7.05 Å². The third-order valence-electron chi connectivity index (χ3n) is 2.70. The number of likely N-dealkylation sites (N-methyl/N-ethyl adjacent to an activating group) is 1. The van der Waals surface area contributed by atoms with Crippen LogP contribution in [-0.4, -0.2) is 56.2 Å². The normalized spacial score (nSPS) is 10.7. The fraction of sp³-hybridized carbons (Fsp3) is 0.500. The molecule has 0 saturated carbocycles. The molecule has 0 aliphatic heterocycles. The molecule has 1 aromatic rings. The van der Waals surface area contributed by atoms with E-state index < -0.39 is 0 Å². The molecule has 1 amide bonds. The van der Waals surface area contributed by atoms with Crippen LogP contribution in [0.3, 0.4) is 0 Å². The zero-order valence-corrected chi connectivity index (χ0v) is 12.4. The second kappa shape index (κ2) is 8.70. The molecule has 1 rings (SSSR count). The summed E-state index contributed by atoms with van der Waals surface area (Å²) in [7, 11) is 3.62. The van der Waals surface area contributed by atoms with Crippen molar-refractivity contribution in [2.45, 2.75) is 0 Å². The molecule has 0 saturated heterocycles. The van der Waals surface area contributed by atoms with Crippen LogP contribution < -0.4 is 16.6 Å². The number of hydrazine groups is 1. The number of anilines is 1. The smallest absolute Gasteiger partial charge is 0.252 e. The van der Waals surface area contributed by atoms with Crippen LogP contribution in [0.25, 0.3) is 0 Å². The molecule has 0 spiro atoms. The van der Waals surface area contributed by atoms with E-state index in [0.717, 1.165) is 13.1 Å². The van der Waals surface area contributed by atoms with E-state index in [-0.39, 0.29) is 5.91 Å². The van der Waals surface area contributed by atoms with Gasteiger partial charge in [-0.3, -0.25) is 4.79 Å². The van der Waals surface area contributed by atoms with Gasteiger partial charge >= 0.3 is 0 Å². The number of nitrogens with zero attached hydrogens (tertiary/aromatic N) is 2. The van der Waals surface area contributed by atoms with Crippen molar-refractivity contribution in [2.75, 3.05) is 45.8 Å². The van der Waals surface area contributed by atoms with Gasteiger partial charge in [-0.05, 0) is 13.1 Å². The zero-order chi connectivity index (χ0) is 15.0. The maximum Gasteiger partial charge on any atom is 0.252 e. The van der Waals surface area contributed by atoms with Crippen LogP contribution >= 0.6 is 11.6 Å². The zero-order valence-electron chi connectivity index (χ0n) is 11.6. The summed E-state index contributed by atoms with van der Waals surface area (Å²) >= 11 is 5.91. The number of halogens is 1. The van der Waals surface area contributed by atoms with Crippen molar-refractivity contribution in [2.24, 2.45) is 5.84 Å². The lowest BCUT2D eigenvalue weighted by molar-refractivity contribution is 0.0947. The Hall–Kier alpha value is -1.41. The third-order valence-corrected chi connectivity index (χ3v) is 2.98. The summed E-state index contributed by atoms with van der Waals surface area (Å²) in [6, 6.07) is 1.52. The van der Waals surface area contributed by atoms with Gasteiger partial charge < -0.3 is 20.4 Å². The molecule has 0 bridgehead atoms. The van der Waals surface area contributed by atoms with Gasteiger partial charge in [0, 0.05) is 32.9 Å². The fourth-order valence-electron chi connectivity index (χ4n) is 1.49. The lowest BCUT2D eigenvalue weighted by Gasteiger charge is -2.16. The Morgan fingerprint density at radius 1 is 1.55 bits per heavy atom. The summed E-state index contributed by atoms with van der Waals surface area (Å²) in [5.74, 6) is 5.33. The lowest BCUT2D eigenvalue weighted by atomic mass is 10.2. The molecule has 112 valence electrons. The Morgan fingerprint density at radius 3 is 2.90 bits per heavy atom. The van der Waals surface area contributed by atoms with Gasteiger partial charge in [0.2, 0.25) is 0 Å². The van der Waals surface area contributed by atoms with E-state index in [1.54, 1.807) is 7.11 Å². The van der Waals surface area contributed by atoms with E-state index in [4.69, 9.17) is 22.2 Å². The van der Waals surface area contributed by atoms with Crippen molar-refractivity contribution in [3.05, 3.63) is 22.8 Å². The highest BCUT2D eigenvalue weighted by molar-refractivity contribution is 6.33. The number of amides is 1. The average Bonchev–Trinajstić information content (AvgIpc) is 2.44. The van der Waals surface area contributed by atoms with Crippen molar-refractivity contribution >= 4 is 23.3 Å². The summed E-state index contributed by atoms with van der Waals surface area (Å²) in [4.78, 5) is 17.9. The molecule has 8 heteroatoms. The summed E-state index contributed by atoms with van der Waals surface area (Å²) in [5.41, 5.74) is 2.74. The lowest BCUT2D eigenvalue weighted by Crippen LogP contribution is -2.34. The number of methoxy groups -OCH3 is 1. The highest BCUT2D eigenvalue weighted by atomic mass is 35.5. The number of aromatic nitrogens is 1. The maximum absolute atomic E-state index is 11.9. The Labute approximate surface area is 123 Å². The van der Waals surface area contributed by atoms with Gasteiger partial charge in [0.15, 0.2) is 5.82 Å². The molecule has 0 fully saturated rings. The number of carbonyl (C=O) groups excluding carboxylic acids is 1. The molecule has 0 aliphatic carbocycles. The van der Waals surface area contributed by atoms with Gasteiger partial charge in [0.05, 0.1) is 17.2 Å². The highest BCUT2D eigenvalue weighted by Crippen LogP contribution is 2.18. The standard InChI is InChI=1S/C12H20ClN5O2/c1-18(5-6-20-2)4-3-15-12(19)9-7-10(13)11(17-14)16-8-9/h7-8H,3-6,14H2,1-2H3,(H,15,19)(H,16,17). The number of nitrogens with two attached hydrogens (primary N) is 1. The monoisotopic (exact) mass is 301 g/mol. The summed E-state index contributed by atoms with van der Waals surface area (Å²) in [6.45, 7) is 2.75. The van der Waals surface area contributed by atoms with Crippen molar-refractivity contribution in [1.29, 1.82) is 0 Å². The predicted octanol–water partition coefficient (Wildman–Crippen LogP) is 0.329. The second-order valence-electron chi connectivity index (χ2n) is 4.25. The molecule has 20 heavy (non-hydrogen) atoms. The summed E-state index contributed by atoms with van der Waals surface area (Å²) in [5, 5.41) is 3.10. The first-order chi connectivity index (χ1) is 9.58. The third kappa shape index (κ3) is 5.30. The first-order valence-corrected chi connectivity index (χ1v) is 6.54. The Morgan fingerprint density at radius 2 is 2.30 bits per heavy atom. The molecule has 1 heterocycles. The molecule has 0 radical (unpaired) electrons. The predicted molar refractivity (Wildman–Crippen MR) is 78.8 cm³/mol. The minimum atomic E-state index is -0.219. The molecule has 0 aliphatic rings. The van der Waals surface area contributed by atoms with E-state index in [0.29, 0.717) is 29.6 Å². The Kier molecular flexibility index (Phi) is 7.24. The number of hydrogen-bond donors (Lipinski definition) is 3. The number of hydrogen-bond acceptors (Lipinski definition) is 6. The number of ether oxygens (including phenoxy) is 1. The van der Waals surface area contributed by atoms with Gasteiger partial charge in [-0.1, -0.05) is 11.6 Å². The molecule has 1 aromatic heterocycles. The largest absolute Gasteiger partial charge is 0.383 e. The van der Waals surface area contributed by atoms with Crippen LogP contribution in [0, 0.1) is 0 Å². The van der Waals surface area contributed by atoms with Crippen LogP contribution in [0.1, 0.15) is 10.4 Å². The quantitative estimate of drug-likeness (QED) is 0.473. The van der Waals surface area contributed by atoms with Gasteiger partial charge in [-0.25, -0.2) is 10.8 Å². The fourth-order valence-corrected chi connectivity index (χ4v) is 1.71. The van der Waals surface area contributed by atoms with Gasteiger partial charge in [0.1, 0.15) is 0 Å². The molecular formula is C12H20ClN5O2. The molecule has 0 unspecified atom stereocenters. The van der Waals surface area contributed by atoms with Crippen molar-refractivity contribution < 1.29 is 9.53 Å². The first kappa shape index (κ1) is 16.6. The van der Waals surface area contributed by atoms with E-state index >= 15 is 0 Å². The maximum atomic E-state index is 11.9. The molecule has 0 atom stereocenters. The number of nitrogen functional groups attached to an aromatic ring is 1. The number of pyridine rings is 1. The van der Waals surface area contributed by atoms with E-state index in [9.17, 15) is 4.79 Å². The van der Waals surface area contributed by atoms with Crippen LogP contribution in [-0.2, 0) is 4.74 Å². The van der Waals surface area contributed by atoms with Crippen molar-refractivity contribution in [3.8, 4) is 0 Å².